The summed E-state index contributed by atoms with van der Waals surface area (Å²) in [5, 5.41) is 3.04. The maximum absolute atomic E-state index is 5.66. The summed E-state index contributed by atoms with van der Waals surface area (Å²) in [6.45, 7) is 0.877. The van der Waals surface area contributed by atoms with Crippen LogP contribution in [0.3, 0.4) is 0 Å². The van der Waals surface area contributed by atoms with Crippen LogP contribution < -0.4 is 11.1 Å². The first-order chi connectivity index (χ1) is 6.24. The van der Waals surface area contributed by atoms with E-state index in [2.05, 4.69) is 33.4 Å². The topological polar surface area (TPSA) is 38.0 Å². The largest absolute Gasteiger partial charge is 0.398 e. The molecule has 0 aliphatic carbocycles. The number of nitrogens with one attached hydrogen (secondary N) is 1. The van der Waals surface area contributed by atoms with Gasteiger partial charge in [-0.2, -0.15) is 0 Å². The van der Waals surface area contributed by atoms with Crippen LogP contribution in [0, 0.1) is 0 Å². The number of likely N-dealkylation sites (N-methyl/N-ethyl adjacent to an activating group) is 1. The summed E-state index contributed by atoms with van der Waals surface area (Å²) in [6.07, 6.45) is 4.12. The first kappa shape index (κ1) is 10.3. The second-order valence-electron chi connectivity index (χ2n) is 2.74. The molecule has 0 spiro atoms. The number of nitrogen functional groups attached to an aromatic ring is 1. The minimum atomic E-state index is 0.769. The van der Waals surface area contributed by atoms with Crippen LogP contribution in [0.5, 0.6) is 0 Å². The second-order valence-corrected chi connectivity index (χ2v) is 3.60. The van der Waals surface area contributed by atoms with Gasteiger partial charge in [0.15, 0.2) is 0 Å². The van der Waals surface area contributed by atoms with Gasteiger partial charge in [0.05, 0.1) is 0 Å². The molecule has 0 radical (unpaired) electrons. The zero-order chi connectivity index (χ0) is 9.68. The number of benzene rings is 1. The van der Waals surface area contributed by atoms with E-state index in [9.17, 15) is 0 Å². The fraction of sp³-hybridized carbons (Fsp3) is 0.200. The maximum atomic E-state index is 5.66. The summed E-state index contributed by atoms with van der Waals surface area (Å²) < 4.78 is 0.944. The van der Waals surface area contributed by atoms with Crippen LogP contribution in [-0.4, -0.2) is 13.6 Å². The molecule has 2 nitrogen and oxygen atoms in total. The van der Waals surface area contributed by atoms with Gasteiger partial charge in [0.2, 0.25) is 0 Å². The molecule has 0 aliphatic rings. The number of halogens is 1. The van der Waals surface area contributed by atoms with E-state index in [0.29, 0.717) is 0 Å². The molecule has 1 rings (SSSR count). The molecule has 0 atom stereocenters. The van der Waals surface area contributed by atoms with Gasteiger partial charge in [0.25, 0.3) is 0 Å². The van der Waals surface area contributed by atoms with E-state index >= 15 is 0 Å². The minimum absolute atomic E-state index is 0.769. The van der Waals surface area contributed by atoms with Crippen molar-refractivity contribution < 1.29 is 0 Å². The Morgan fingerprint density at radius 2 is 2.31 bits per heavy atom. The van der Waals surface area contributed by atoms with E-state index in [1.807, 2.05) is 25.2 Å². The number of rotatable bonds is 3. The Hall–Kier alpha value is -0.800. The van der Waals surface area contributed by atoms with E-state index in [1.54, 1.807) is 0 Å². The van der Waals surface area contributed by atoms with Gasteiger partial charge < -0.3 is 11.1 Å². The van der Waals surface area contributed by atoms with Gasteiger partial charge in [-0.3, -0.25) is 0 Å². The van der Waals surface area contributed by atoms with Crippen molar-refractivity contribution in [2.45, 2.75) is 0 Å². The molecular formula is C10H13BrN2. The third-order valence-electron chi connectivity index (χ3n) is 1.66. The number of hydrogen-bond donors (Lipinski definition) is 2. The quantitative estimate of drug-likeness (QED) is 0.796. The monoisotopic (exact) mass is 240 g/mol. The van der Waals surface area contributed by atoms with Crippen molar-refractivity contribution in [1.82, 2.24) is 5.32 Å². The first-order valence-corrected chi connectivity index (χ1v) is 4.89. The fourth-order valence-electron chi connectivity index (χ4n) is 0.960. The molecule has 0 bridgehead atoms. The van der Waals surface area contributed by atoms with E-state index in [4.69, 9.17) is 5.73 Å². The fourth-order valence-corrected chi connectivity index (χ4v) is 1.36. The molecule has 0 heterocycles. The lowest BCUT2D eigenvalue weighted by Crippen LogP contribution is -2.03. The highest BCUT2D eigenvalue weighted by Crippen LogP contribution is 2.20. The van der Waals surface area contributed by atoms with Gasteiger partial charge in [0.1, 0.15) is 0 Å². The summed E-state index contributed by atoms with van der Waals surface area (Å²) in [5.74, 6) is 0. The lowest BCUT2D eigenvalue weighted by molar-refractivity contribution is 0.922. The van der Waals surface area contributed by atoms with Crippen LogP contribution in [0.4, 0.5) is 5.69 Å². The molecule has 0 aliphatic heterocycles. The lowest BCUT2D eigenvalue weighted by atomic mass is 10.2. The molecule has 0 aromatic heterocycles. The molecule has 0 amide bonds. The van der Waals surface area contributed by atoms with Crippen LogP contribution in [0.2, 0.25) is 0 Å². The Labute approximate surface area is 87.0 Å². The second kappa shape index (κ2) is 5.04. The third kappa shape index (κ3) is 3.20. The Kier molecular flexibility index (Phi) is 3.99. The van der Waals surface area contributed by atoms with Crippen molar-refractivity contribution >= 4 is 27.7 Å². The maximum Gasteiger partial charge on any atom is 0.0458 e. The number of nitrogens with two attached hydrogens (primary N) is 1. The van der Waals surface area contributed by atoms with E-state index < -0.39 is 0 Å². The zero-order valence-corrected chi connectivity index (χ0v) is 9.14. The molecular weight excluding hydrogens is 228 g/mol. The highest BCUT2D eigenvalue weighted by Gasteiger charge is 1.94. The van der Waals surface area contributed by atoms with Gasteiger partial charge >= 0.3 is 0 Å². The van der Waals surface area contributed by atoms with Crippen molar-refractivity contribution in [1.29, 1.82) is 0 Å². The van der Waals surface area contributed by atoms with E-state index in [-0.39, 0.29) is 0 Å². The average molecular weight is 241 g/mol. The summed E-state index contributed by atoms with van der Waals surface area (Å²) in [6, 6.07) is 5.89. The van der Waals surface area contributed by atoms with Gasteiger partial charge in [-0.1, -0.05) is 18.2 Å². The Morgan fingerprint density at radius 1 is 1.54 bits per heavy atom. The van der Waals surface area contributed by atoms with Crippen LogP contribution >= 0.6 is 15.9 Å². The zero-order valence-electron chi connectivity index (χ0n) is 7.55. The Bertz CT molecular complexity index is 308. The molecule has 1 aromatic rings. The number of anilines is 1. The lowest BCUT2D eigenvalue weighted by Gasteiger charge is -1.99. The van der Waals surface area contributed by atoms with Crippen molar-refractivity contribution in [3.8, 4) is 0 Å². The normalized spacial score (nSPS) is 10.9. The molecule has 0 unspecified atom stereocenters. The highest BCUT2D eigenvalue weighted by molar-refractivity contribution is 9.10. The van der Waals surface area contributed by atoms with Crippen LogP contribution in [-0.2, 0) is 0 Å². The SMILES string of the molecule is CNCC=Cc1ccc(N)c(Br)c1. The molecule has 13 heavy (non-hydrogen) atoms. The minimum Gasteiger partial charge on any atom is -0.398 e. The predicted molar refractivity (Wildman–Crippen MR) is 61.5 cm³/mol. The first-order valence-electron chi connectivity index (χ1n) is 4.10. The van der Waals surface area contributed by atoms with E-state index in [0.717, 1.165) is 22.3 Å². The van der Waals surface area contributed by atoms with Crippen molar-refractivity contribution in [2.75, 3.05) is 19.3 Å². The summed E-state index contributed by atoms with van der Waals surface area (Å²) in [7, 11) is 1.92. The average Bonchev–Trinajstić information content (AvgIpc) is 2.12. The van der Waals surface area contributed by atoms with Gasteiger partial charge in [-0.15, -0.1) is 0 Å². The summed E-state index contributed by atoms with van der Waals surface area (Å²) in [4.78, 5) is 0. The molecule has 1 aromatic carbocycles. The van der Waals surface area contributed by atoms with Gasteiger partial charge in [-0.25, -0.2) is 0 Å². The number of hydrogen-bond acceptors (Lipinski definition) is 2. The molecule has 0 saturated carbocycles. The third-order valence-corrected chi connectivity index (χ3v) is 2.34. The molecule has 70 valence electrons. The van der Waals surface area contributed by atoms with Crippen LogP contribution in [0.1, 0.15) is 5.56 Å². The standard InChI is InChI=1S/C10H13BrN2/c1-13-6-2-3-8-4-5-10(12)9(11)7-8/h2-5,7,13H,6,12H2,1H3. The molecule has 3 heteroatoms. The van der Waals surface area contributed by atoms with Gasteiger partial charge in [-0.05, 0) is 40.7 Å². The van der Waals surface area contributed by atoms with Crippen molar-refractivity contribution in [3.63, 3.8) is 0 Å². The predicted octanol–water partition coefficient (Wildman–Crippen LogP) is 2.26. The van der Waals surface area contributed by atoms with E-state index in [1.165, 1.54) is 0 Å². The van der Waals surface area contributed by atoms with Crippen molar-refractivity contribution in [2.24, 2.45) is 0 Å². The smallest absolute Gasteiger partial charge is 0.0458 e. The summed E-state index contributed by atoms with van der Waals surface area (Å²) >= 11 is 3.38. The molecule has 0 fully saturated rings. The summed E-state index contributed by atoms with van der Waals surface area (Å²) in [5.41, 5.74) is 7.58. The molecule has 0 saturated heterocycles. The highest BCUT2D eigenvalue weighted by atomic mass is 79.9. The molecule has 3 N–H and O–H groups in total. The Morgan fingerprint density at radius 3 is 2.92 bits per heavy atom. The Balaban J connectivity index is 2.73. The van der Waals surface area contributed by atoms with Gasteiger partial charge in [0, 0.05) is 16.7 Å². The van der Waals surface area contributed by atoms with Crippen molar-refractivity contribution in [3.05, 3.63) is 34.3 Å². The van der Waals surface area contributed by atoms with Crippen LogP contribution in [0.15, 0.2) is 28.7 Å². The van der Waals surface area contributed by atoms with Crippen LogP contribution in [0.25, 0.3) is 6.08 Å².